The molecule has 1 aliphatic rings. The van der Waals surface area contributed by atoms with E-state index in [1.165, 1.54) is 0 Å². The number of β-amino-alcohol motifs (C(OH)–C–C–N with tert-alkyl or cyclic N) is 1. The summed E-state index contributed by atoms with van der Waals surface area (Å²) in [4.78, 5) is 2.04. The summed E-state index contributed by atoms with van der Waals surface area (Å²) in [5, 5.41) is 11.0. The third kappa shape index (κ3) is 2.32. The average Bonchev–Trinajstić information content (AvgIpc) is 2.18. The Bertz CT molecular complexity index is 341. The summed E-state index contributed by atoms with van der Waals surface area (Å²) in [6.07, 6.45) is 0. The number of morpholine rings is 1. The van der Waals surface area contributed by atoms with Crippen LogP contribution in [0.3, 0.4) is 0 Å². The van der Waals surface area contributed by atoms with Crippen LogP contribution in [0.4, 0.5) is 0 Å². The number of nitrogens with zero attached hydrogens (tertiary/aromatic N) is 1. The highest BCUT2D eigenvalue weighted by Crippen LogP contribution is 2.27. The minimum absolute atomic E-state index is 0.481. The lowest BCUT2D eigenvalue weighted by Gasteiger charge is -2.37. The zero-order valence-electron chi connectivity index (χ0n) is 8.61. The first-order chi connectivity index (χ1) is 7.10. The minimum atomic E-state index is -1.20. The molecule has 1 aliphatic heterocycles. The van der Waals surface area contributed by atoms with Gasteiger partial charge in [-0.15, -0.1) is 0 Å². The second-order valence-corrected chi connectivity index (χ2v) is 4.31. The quantitative estimate of drug-likeness (QED) is 0.788. The van der Waals surface area contributed by atoms with Gasteiger partial charge in [0.25, 0.3) is 0 Å². The predicted octanol–water partition coefficient (Wildman–Crippen LogP) is 1.45. The Hall–Kier alpha value is -0.610. The van der Waals surface area contributed by atoms with Crippen LogP contribution in [-0.2, 0) is 10.5 Å². The summed E-state index contributed by atoms with van der Waals surface area (Å²) in [6.45, 7) is 1.86. The first kappa shape index (κ1) is 10.9. The lowest BCUT2D eigenvalue weighted by atomic mass is 10.0. The van der Waals surface area contributed by atoms with Gasteiger partial charge in [-0.2, -0.15) is 0 Å². The van der Waals surface area contributed by atoms with Gasteiger partial charge in [0.15, 0.2) is 0 Å². The van der Waals surface area contributed by atoms with Crippen LogP contribution in [0.2, 0.25) is 5.02 Å². The topological polar surface area (TPSA) is 32.7 Å². The van der Waals surface area contributed by atoms with Crippen molar-refractivity contribution in [1.82, 2.24) is 4.90 Å². The number of ether oxygens (including phenoxy) is 1. The van der Waals surface area contributed by atoms with Crippen LogP contribution in [0.5, 0.6) is 0 Å². The second-order valence-electron chi connectivity index (χ2n) is 3.88. The molecule has 1 aromatic rings. The lowest BCUT2D eigenvalue weighted by molar-refractivity contribution is -0.245. The fourth-order valence-electron chi connectivity index (χ4n) is 1.75. The Morgan fingerprint density at radius 2 is 2.07 bits per heavy atom. The molecular weight excluding hydrogens is 214 g/mol. The second kappa shape index (κ2) is 4.10. The molecule has 0 radical (unpaired) electrons. The van der Waals surface area contributed by atoms with Crippen LogP contribution in [-0.4, -0.2) is 36.8 Å². The third-order valence-electron chi connectivity index (χ3n) is 2.59. The van der Waals surface area contributed by atoms with Gasteiger partial charge in [0.1, 0.15) is 0 Å². The normalized spacial score (nSPS) is 27.9. The average molecular weight is 228 g/mol. The number of hydrogen-bond acceptors (Lipinski definition) is 3. The first-order valence-corrected chi connectivity index (χ1v) is 5.29. The largest absolute Gasteiger partial charge is 0.361 e. The maximum absolute atomic E-state index is 10.3. The summed E-state index contributed by atoms with van der Waals surface area (Å²) >= 11 is 5.79. The van der Waals surface area contributed by atoms with Crippen molar-refractivity contribution in [1.29, 1.82) is 0 Å². The van der Waals surface area contributed by atoms with E-state index in [-0.39, 0.29) is 0 Å². The number of aliphatic hydroxyl groups is 1. The number of likely N-dealkylation sites (N-methyl/N-ethyl adjacent to an activating group) is 1. The Balaban J connectivity index is 2.24. The Morgan fingerprint density at radius 1 is 1.40 bits per heavy atom. The Kier molecular flexibility index (Phi) is 2.98. The van der Waals surface area contributed by atoms with Crippen molar-refractivity contribution in [2.75, 3.05) is 26.7 Å². The Morgan fingerprint density at radius 3 is 2.67 bits per heavy atom. The molecule has 0 saturated carbocycles. The molecule has 4 heteroatoms. The van der Waals surface area contributed by atoms with Crippen LogP contribution >= 0.6 is 11.6 Å². The van der Waals surface area contributed by atoms with E-state index in [1.807, 2.05) is 11.9 Å². The van der Waals surface area contributed by atoms with E-state index in [4.69, 9.17) is 16.3 Å². The summed E-state index contributed by atoms with van der Waals surface area (Å²) < 4.78 is 5.43. The smallest absolute Gasteiger partial charge is 0.205 e. The van der Waals surface area contributed by atoms with Crippen molar-refractivity contribution in [3.05, 3.63) is 34.9 Å². The van der Waals surface area contributed by atoms with Crippen molar-refractivity contribution in [2.24, 2.45) is 0 Å². The van der Waals surface area contributed by atoms with Gasteiger partial charge < -0.3 is 9.84 Å². The molecule has 1 atom stereocenters. The highest BCUT2D eigenvalue weighted by Gasteiger charge is 2.34. The van der Waals surface area contributed by atoms with E-state index in [1.54, 1.807) is 24.3 Å². The molecule has 0 aromatic heterocycles. The monoisotopic (exact) mass is 227 g/mol. The van der Waals surface area contributed by atoms with Crippen LogP contribution in [0.25, 0.3) is 0 Å². The van der Waals surface area contributed by atoms with Crippen LogP contribution in [0.15, 0.2) is 24.3 Å². The molecule has 1 N–H and O–H groups in total. The summed E-state index contributed by atoms with van der Waals surface area (Å²) in [7, 11) is 1.96. The number of hydrogen-bond donors (Lipinski definition) is 1. The van der Waals surface area contributed by atoms with Gasteiger partial charge in [0, 0.05) is 17.1 Å². The van der Waals surface area contributed by atoms with Crippen LogP contribution in [0.1, 0.15) is 5.56 Å². The van der Waals surface area contributed by atoms with E-state index in [2.05, 4.69) is 0 Å². The van der Waals surface area contributed by atoms with Gasteiger partial charge in [-0.05, 0) is 19.2 Å². The van der Waals surface area contributed by atoms with Gasteiger partial charge >= 0.3 is 0 Å². The standard InChI is InChI=1S/C11H14ClNO2/c1-13-6-7-15-11(14,8-13)9-2-4-10(12)5-3-9/h2-5,14H,6-8H2,1H3. The van der Waals surface area contributed by atoms with Gasteiger partial charge in [-0.3, -0.25) is 4.90 Å². The highest BCUT2D eigenvalue weighted by atomic mass is 35.5. The molecule has 3 nitrogen and oxygen atoms in total. The molecule has 0 bridgehead atoms. The van der Waals surface area contributed by atoms with Gasteiger partial charge in [-0.1, -0.05) is 23.7 Å². The van der Waals surface area contributed by atoms with E-state index in [0.29, 0.717) is 18.2 Å². The zero-order chi connectivity index (χ0) is 10.9. The molecule has 1 unspecified atom stereocenters. The molecule has 1 heterocycles. The lowest BCUT2D eigenvalue weighted by Crippen LogP contribution is -2.48. The maximum Gasteiger partial charge on any atom is 0.205 e. The summed E-state index contributed by atoms with van der Waals surface area (Å²) in [5.74, 6) is -1.20. The van der Waals surface area contributed by atoms with Crippen LogP contribution < -0.4 is 0 Å². The Labute approximate surface area is 94.2 Å². The molecule has 2 rings (SSSR count). The third-order valence-corrected chi connectivity index (χ3v) is 2.85. The van der Waals surface area contributed by atoms with E-state index >= 15 is 0 Å². The molecule has 82 valence electrons. The maximum atomic E-state index is 10.3. The van der Waals surface area contributed by atoms with Crippen molar-refractivity contribution in [2.45, 2.75) is 5.79 Å². The molecule has 0 aliphatic carbocycles. The first-order valence-electron chi connectivity index (χ1n) is 4.91. The zero-order valence-corrected chi connectivity index (χ0v) is 9.37. The van der Waals surface area contributed by atoms with Gasteiger partial charge in [0.2, 0.25) is 5.79 Å². The summed E-state index contributed by atoms with van der Waals surface area (Å²) in [6, 6.07) is 7.10. The molecule has 0 spiro atoms. The molecule has 1 fully saturated rings. The fourth-order valence-corrected chi connectivity index (χ4v) is 1.87. The van der Waals surface area contributed by atoms with Crippen molar-refractivity contribution < 1.29 is 9.84 Å². The minimum Gasteiger partial charge on any atom is -0.361 e. The number of benzene rings is 1. The molecule has 15 heavy (non-hydrogen) atoms. The molecule has 1 saturated heterocycles. The molecule has 1 aromatic carbocycles. The summed E-state index contributed by atoms with van der Waals surface area (Å²) in [5.41, 5.74) is 0.749. The van der Waals surface area contributed by atoms with Crippen molar-refractivity contribution >= 4 is 11.6 Å². The highest BCUT2D eigenvalue weighted by molar-refractivity contribution is 6.30. The molecular formula is C11H14ClNO2. The van der Waals surface area contributed by atoms with Crippen LogP contribution in [0, 0.1) is 0 Å². The van der Waals surface area contributed by atoms with Gasteiger partial charge in [0.05, 0.1) is 13.2 Å². The van der Waals surface area contributed by atoms with Crippen molar-refractivity contribution in [3.63, 3.8) is 0 Å². The van der Waals surface area contributed by atoms with E-state index in [9.17, 15) is 5.11 Å². The fraction of sp³-hybridized carbons (Fsp3) is 0.455. The number of rotatable bonds is 1. The number of halogens is 1. The van der Waals surface area contributed by atoms with Crippen molar-refractivity contribution in [3.8, 4) is 0 Å². The van der Waals surface area contributed by atoms with E-state index in [0.717, 1.165) is 12.1 Å². The molecule has 0 amide bonds. The van der Waals surface area contributed by atoms with E-state index < -0.39 is 5.79 Å². The predicted molar refractivity (Wildman–Crippen MR) is 58.8 cm³/mol. The van der Waals surface area contributed by atoms with Gasteiger partial charge in [-0.25, -0.2) is 0 Å². The SMILES string of the molecule is CN1CCOC(O)(c2ccc(Cl)cc2)C1.